The fourth-order valence-corrected chi connectivity index (χ4v) is 6.07. The molecule has 2 atom stereocenters. The molecule has 0 fully saturated rings. The van der Waals surface area contributed by atoms with Crippen LogP contribution < -0.4 is 0 Å². The normalized spacial score (nSPS) is 12.0. The SMILES string of the molecule is CC(C)CCC(CCOC(=O)CCCCCCC[CH-]CCCCCCC[C-]=O)C(C)C.CN(C)CCC[C-]=O.[CH2-]CC(CCCC(C)C)C(C)C.[U+2].[U+2]. The predicted molar refractivity (Wildman–Crippen MR) is 223 cm³/mol. The van der Waals surface area contributed by atoms with Crippen molar-refractivity contribution >= 4 is 18.5 Å². The molecule has 0 rings (SSSR count). The minimum atomic E-state index is -0.0102. The van der Waals surface area contributed by atoms with E-state index in [0.29, 0.717) is 37.7 Å². The summed E-state index contributed by atoms with van der Waals surface area (Å²) < 4.78 is 5.49. The van der Waals surface area contributed by atoms with Gasteiger partial charge in [-0.05, 0) is 69.5 Å². The molecule has 7 heteroatoms. The van der Waals surface area contributed by atoms with E-state index in [4.69, 9.17) is 4.74 Å². The third-order valence-corrected chi connectivity index (χ3v) is 9.84. The van der Waals surface area contributed by atoms with Crippen LogP contribution in [0.1, 0.15) is 203 Å². The molecule has 310 valence electrons. The molecule has 0 aromatic heterocycles. The number of carbonyl (C=O) groups is 1. The van der Waals surface area contributed by atoms with Crippen LogP contribution in [-0.2, 0) is 19.1 Å². The summed E-state index contributed by atoms with van der Waals surface area (Å²) in [4.78, 5) is 33.8. The van der Waals surface area contributed by atoms with E-state index >= 15 is 0 Å². The molecular weight excluding hydrogens is 1110 g/mol. The van der Waals surface area contributed by atoms with Crippen LogP contribution in [0.3, 0.4) is 0 Å². The Hall–Kier alpha value is 0.874. The predicted octanol–water partition coefficient (Wildman–Crippen LogP) is 13.2. The summed E-state index contributed by atoms with van der Waals surface area (Å²) in [6.45, 7) is 23.9. The molecule has 53 heavy (non-hydrogen) atoms. The van der Waals surface area contributed by atoms with Gasteiger partial charge in [-0.1, -0.05) is 151 Å². The van der Waals surface area contributed by atoms with Crippen LogP contribution in [0.2, 0.25) is 0 Å². The number of esters is 1. The van der Waals surface area contributed by atoms with Crippen molar-refractivity contribution in [2.24, 2.45) is 35.5 Å². The van der Waals surface area contributed by atoms with E-state index < -0.39 is 0 Å². The van der Waals surface area contributed by atoms with Gasteiger partial charge in [0.1, 0.15) is 0 Å². The van der Waals surface area contributed by atoms with E-state index in [-0.39, 0.29) is 68.2 Å². The molecule has 0 bridgehead atoms. The number of hydrogen-bond acceptors (Lipinski definition) is 5. The summed E-state index contributed by atoms with van der Waals surface area (Å²) in [5, 5.41) is 0. The largest absolute Gasteiger partial charge is 2.00 e. The van der Waals surface area contributed by atoms with Crippen LogP contribution >= 0.6 is 0 Å². The number of nitrogens with zero attached hydrogens (tertiary/aromatic N) is 1. The van der Waals surface area contributed by atoms with Gasteiger partial charge < -0.3 is 32.6 Å². The zero-order valence-corrected chi connectivity index (χ0v) is 45.3. The fraction of sp³-hybridized carbons (Fsp3) is 0.891. The first-order valence-corrected chi connectivity index (χ1v) is 21.4. The average Bonchev–Trinajstić information content (AvgIpc) is 3.06. The van der Waals surface area contributed by atoms with Crippen molar-refractivity contribution in [3.8, 4) is 0 Å². The number of rotatable bonds is 33. The van der Waals surface area contributed by atoms with Gasteiger partial charge in [-0.25, -0.2) is 0 Å². The third-order valence-electron chi connectivity index (χ3n) is 9.84. The first-order valence-electron chi connectivity index (χ1n) is 21.4. The van der Waals surface area contributed by atoms with Gasteiger partial charge in [0.25, 0.3) is 0 Å². The second-order valence-corrected chi connectivity index (χ2v) is 16.7. The van der Waals surface area contributed by atoms with Gasteiger partial charge in [0, 0.05) is 6.42 Å². The molecule has 0 aliphatic carbocycles. The van der Waals surface area contributed by atoms with Gasteiger partial charge in [0.2, 0.25) is 0 Å². The van der Waals surface area contributed by atoms with Crippen LogP contribution in [0.25, 0.3) is 0 Å². The molecule has 5 nitrogen and oxygen atoms in total. The second kappa shape index (κ2) is 49.0. The Balaban J connectivity index is -0.000000286. The third kappa shape index (κ3) is 55.0. The van der Waals surface area contributed by atoms with Crippen LogP contribution in [0.15, 0.2) is 0 Å². The van der Waals surface area contributed by atoms with Crippen molar-refractivity contribution in [2.45, 2.75) is 203 Å². The summed E-state index contributed by atoms with van der Waals surface area (Å²) in [6.07, 6.45) is 31.9. The number of ether oxygens (including phenoxy) is 1. The van der Waals surface area contributed by atoms with Crippen molar-refractivity contribution in [3.05, 3.63) is 13.3 Å². The minimum absolute atomic E-state index is 0. The van der Waals surface area contributed by atoms with Gasteiger partial charge in [-0.2, -0.15) is 32.1 Å². The van der Waals surface area contributed by atoms with E-state index in [1.807, 2.05) is 26.7 Å². The summed E-state index contributed by atoms with van der Waals surface area (Å²) in [5.41, 5.74) is 0. The Morgan fingerprint density at radius 2 is 1.09 bits per heavy atom. The molecule has 0 heterocycles. The Bertz CT molecular complexity index is 730. The number of unbranched alkanes of at least 4 members (excludes halogenated alkanes) is 14. The molecule has 0 N–H and O–H groups in total. The zero-order valence-electron chi connectivity index (χ0n) is 37.0. The van der Waals surface area contributed by atoms with Gasteiger partial charge in [0.15, 0.2) is 0 Å². The molecule has 2 unspecified atom stereocenters. The van der Waals surface area contributed by atoms with Gasteiger partial charge in [0.05, 0.1) is 6.61 Å². The van der Waals surface area contributed by atoms with Gasteiger partial charge in [-0.15, -0.1) is 0 Å². The van der Waals surface area contributed by atoms with E-state index in [1.165, 1.54) is 89.9 Å². The standard InChI is InChI=1S/C28H52O3.C12H25.C6H12NO.2U/c1-25(2)20-21-27(26(3)4)22-24-31-28(30)19-17-15-13-11-9-7-5-6-8-10-12-14-16-18-23-29;1-6-12(11(4)5)9-7-8-10(2)3;1-7(2)5-3-4-6-8;;/h5,25-27H,6-22,24H2,1-4H3;10-12H,1,6-9H2,2-5H3;3-5H2,1-2H3;;/q-2;2*-1;2*+2. The molecule has 0 saturated carbocycles. The second-order valence-electron chi connectivity index (χ2n) is 16.7. The fourth-order valence-electron chi connectivity index (χ4n) is 6.07. The Morgan fingerprint density at radius 1 is 0.604 bits per heavy atom. The first-order chi connectivity index (χ1) is 24.3. The van der Waals surface area contributed by atoms with Crippen LogP contribution in [0.5, 0.6) is 0 Å². The maximum Gasteiger partial charge on any atom is 2.00 e. The monoisotopic (exact) mass is 1200 g/mol. The molecule has 0 amide bonds. The van der Waals surface area contributed by atoms with E-state index in [9.17, 15) is 14.4 Å². The van der Waals surface area contributed by atoms with Crippen molar-refractivity contribution in [1.29, 1.82) is 0 Å². The minimum Gasteiger partial charge on any atom is -0.542 e. The zero-order chi connectivity index (χ0) is 39.1. The molecule has 0 spiro atoms. The van der Waals surface area contributed by atoms with Crippen LogP contribution in [0, 0.1) is 111 Å². The molecular formula is C46H89NO4U2. The maximum absolute atomic E-state index is 12.0. The quantitative estimate of drug-likeness (QED) is 0.0372. The Labute approximate surface area is 380 Å². The molecule has 0 aliphatic rings. The van der Waals surface area contributed by atoms with Crippen LogP contribution in [-0.4, -0.2) is 50.7 Å². The molecule has 0 aromatic carbocycles. The summed E-state index contributed by atoms with van der Waals surface area (Å²) in [7, 11) is 3.98. The summed E-state index contributed by atoms with van der Waals surface area (Å²) in [5.74, 6) is 4.59. The average molecular weight is 1200 g/mol. The maximum atomic E-state index is 12.0. The Kier molecular flexibility index (Phi) is 58.3. The van der Waals surface area contributed by atoms with Crippen molar-refractivity contribution in [2.75, 3.05) is 27.2 Å². The smallest absolute Gasteiger partial charge is 0.542 e. The van der Waals surface area contributed by atoms with Crippen molar-refractivity contribution < 1.29 is 81.3 Å². The topological polar surface area (TPSA) is 63.7 Å². The molecule has 0 radical (unpaired) electrons. The van der Waals surface area contributed by atoms with Crippen molar-refractivity contribution in [3.63, 3.8) is 0 Å². The Morgan fingerprint density at radius 3 is 1.57 bits per heavy atom. The van der Waals surface area contributed by atoms with E-state index in [1.54, 1.807) is 0 Å². The molecule has 0 aliphatic heterocycles. The van der Waals surface area contributed by atoms with E-state index in [0.717, 1.165) is 68.7 Å². The van der Waals surface area contributed by atoms with Gasteiger partial charge >= 0.3 is 68.2 Å². The summed E-state index contributed by atoms with van der Waals surface area (Å²) >= 11 is 0. The molecule has 0 aromatic rings. The van der Waals surface area contributed by atoms with Crippen LogP contribution in [0.4, 0.5) is 0 Å². The van der Waals surface area contributed by atoms with E-state index in [2.05, 4.69) is 73.6 Å². The molecule has 0 saturated heterocycles. The number of carbonyl (C=O) groups excluding carboxylic acids is 3. The number of hydrogen-bond donors (Lipinski definition) is 0. The van der Waals surface area contributed by atoms with Crippen molar-refractivity contribution in [1.82, 2.24) is 4.90 Å². The first kappa shape index (κ1) is 63.1. The van der Waals surface area contributed by atoms with Gasteiger partial charge in [-0.3, -0.25) is 17.4 Å². The summed E-state index contributed by atoms with van der Waals surface area (Å²) in [6, 6.07) is 0.